The van der Waals surface area contributed by atoms with Crippen LogP contribution in [0.3, 0.4) is 0 Å². The molecule has 0 saturated heterocycles. The molecule has 0 fully saturated rings. The topological polar surface area (TPSA) is 0 Å². The third-order valence-electron chi connectivity index (χ3n) is 4.77. The fraction of sp³-hybridized carbons (Fsp3) is 0. The number of halogens is 2. The molecule has 5 aromatic carbocycles. The zero-order chi connectivity index (χ0) is 16.3. The number of benzene rings is 5. The highest BCUT2D eigenvalue weighted by Crippen LogP contribution is 2.39. The minimum atomic E-state index is -0.821. The number of hydrogen-bond acceptors (Lipinski definition) is 0. The Labute approximate surface area is 137 Å². The first kappa shape index (κ1) is 13.4. The molecule has 0 amide bonds. The van der Waals surface area contributed by atoms with E-state index in [4.69, 9.17) is 0 Å². The summed E-state index contributed by atoms with van der Waals surface area (Å²) in [7, 11) is 0. The average molecular weight is 314 g/mol. The van der Waals surface area contributed by atoms with Gasteiger partial charge >= 0.3 is 0 Å². The van der Waals surface area contributed by atoms with Crippen LogP contribution in [0.4, 0.5) is 8.78 Å². The molecule has 0 atom stereocenters. The molecule has 5 rings (SSSR count). The molecule has 0 saturated carbocycles. The molecule has 0 aliphatic carbocycles. The normalized spacial score (nSPS) is 11.8. The molecule has 0 heterocycles. The highest BCUT2D eigenvalue weighted by molar-refractivity contribution is 6.25. The van der Waals surface area contributed by atoms with Gasteiger partial charge in [0.1, 0.15) is 0 Å². The molecule has 5 aromatic rings. The number of hydrogen-bond donors (Lipinski definition) is 0. The van der Waals surface area contributed by atoms with Crippen molar-refractivity contribution in [2.24, 2.45) is 0 Å². The Morgan fingerprint density at radius 2 is 1.12 bits per heavy atom. The summed E-state index contributed by atoms with van der Waals surface area (Å²) in [5, 5.41) is 6.64. The third kappa shape index (κ3) is 1.71. The first-order valence-electron chi connectivity index (χ1n) is 7.85. The predicted octanol–water partition coefficient (Wildman–Crippen LogP) is 6.53. The summed E-state index contributed by atoms with van der Waals surface area (Å²) < 4.78 is 28.0. The molecule has 0 N–H and O–H groups in total. The van der Waals surface area contributed by atoms with Gasteiger partial charge in [-0.1, -0.05) is 66.7 Å². The molecule has 0 bridgehead atoms. The van der Waals surface area contributed by atoms with Gasteiger partial charge in [-0.15, -0.1) is 0 Å². The lowest BCUT2D eigenvalue weighted by atomic mass is 9.90. The number of rotatable bonds is 1. The van der Waals surface area contributed by atoms with E-state index in [1.807, 2.05) is 30.3 Å². The SMILES string of the molecule is Fc1cccc(-c2ccc3ccc4cccc5ccc2c3c45)c1F. The van der Waals surface area contributed by atoms with Gasteiger partial charge in [0.2, 0.25) is 0 Å². The van der Waals surface area contributed by atoms with Gasteiger partial charge in [-0.3, -0.25) is 0 Å². The van der Waals surface area contributed by atoms with Gasteiger partial charge in [0.05, 0.1) is 0 Å². The monoisotopic (exact) mass is 314 g/mol. The van der Waals surface area contributed by atoms with Gasteiger partial charge in [-0.25, -0.2) is 8.78 Å². The summed E-state index contributed by atoms with van der Waals surface area (Å²) in [5.41, 5.74) is 1.02. The lowest BCUT2D eigenvalue weighted by Crippen LogP contribution is -1.91. The van der Waals surface area contributed by atoms with E-state index in [-0.39, 0.29) is 0 Å². The van der Waals surface area contributed by atoms with Crippen molar-refractivity contribution in [3.8, 4) is 11.1 Å². The summed E-state index contributed by atoms with van der Waals surface area (Å²) >= 11 is 0. The second-order valence-electron chi connectivity index (χ2n) is 6.07. The van der Waals surface area contributed by atoms with E-state index in [1.165, 1.54) is 5.39 Å². The van der Waals surface area contributed by atoms with Gasteiger partial charge in [0.15, 0.2) is 11.6 Å². The van der Waals surface area contributed by atoms with Crippen molar-refractivity contribution in [3.05, 3.63) is 84.4 Å². The van der Waals surface area contributed by atoms with Gasteiger partial charge in [0, 0.05) is 5.56 Å². The van der Waals surface area contributed by atoms with E-state index in [1.54, 1.807) is 12.1 Å². The summed E-state index contributed by atoms with van der Waals surface area (Å²) in [6.07, 6.45) is 0. The van der Waals surface area contributed by atoms with Gasteiger partial charge < -0.3 is 0 Å². The Kier molecular flexibility index (Phi) is 2.66. The summed E-state index contributed by atoms with van der Waals surface area (Å²) in [6, 6.07) is 22.6. The van der Waals surface area contributed by atoms with E-state index >= 15 is 0 Å². The van der Waals surface area contributed by atoms with Crippen molar-refractivity contribution >= 4 is 32.3 Å². The van der Waals surface area contributed by atoms with Gasteiger partial charge in [-0.2, -0.15) is 0 Å². The molecule has 0 spiro atoms. The van der Waals surface area contributed by atoms with Crippen LogP contribution in [0.15, 0.2) is 72.8 Å². The molecule has 0 aliphatic rings. The molecule has 0 unspecified atom stereocenters. The van der Waals surface area contributed by atoms with Crippen molar-refractivity contribution in [1.29, 1.82) is 0 Å². The maximum absolute atomic E-state index is 14.3. The molecular formula is C22H12F2. The molecule has 0 aliphatic heterocycles. The second-order valence-corrected chi connectivity index (χ2v) is 6.07. The molecule has 24 heavy (non-hydrogen) atoms. The molecule has 0 nitrogen and oxygen atoms in total. The van der Waals surface area contributed by atoms with Crippen molar-refractivity contribution in [2.45, 2.75) is 0 Å². The highest BCUT2D eigenvalue weighted by atomic mass is 19.2. The van der Waals surface area contributed by atoms with Crippen LogP contribution < -0.4 is 0 Å². The summed E-state index contributed by atoms with van der Waals surface area (Å²) in [6.45, 7) is 0. The lowest BCUT2D eigenvalue weighted by Gasteiger charge is -2.14. The fourth-order valence-corrected chi connectivity index (χ4v) is 3.68. The standard InChI is InChI=1S/C22H12F2/c23-19-6-2-5-18(22(19)24)16-11-9-15-8-7-13-3-1-4-14-10-12-17(16)21(15)20(13)14/h1-12H. The molecule has 0 radical (unpaired) electrons. The summed E-state index contributed by atoms with van der Waals surface area (Å²) in [4.78, 5) is 0. The largest absolute Gasteiger partial charge is 0.204 e. The Morgan fingerprint density at radius 3 is 1.92 bits per heavy atom. The van der Waals surface area contributed by atoms with Crippen LogP contribution in [-0.4, -0.2) is 0 Å². The minimum absolute atomic E-state index is 0.299. The maximum Gasteiger partial charge on any atom is 0.166 e. The van der Waals surface area contributed by atoms with E-state index in [0.29, 0.717) is 5.56 Å². The Hall–Kier alpha value is -3.00. The molecule has 2 heteroatoms. The van der Waals surface area contributed by atoms with Crippen LogP contribution in [0.2, 0.25) is 0 Å². The van der Waals surface area contributed by atoms with Crippen LogP contribution in [0.1, 0.15) is 0 Å². The zero-order valence-corrected chi connectivity index (χ0v) is 12.7. The van der Waals surface area contributed by atoms with E-state index in [0.717, 1.165) is 38.6 Å². The van der Waals surface area contributed by atoms with Gasteiger partial charge in [0.25, 0.3) is 0 Å². The first-order valence-corrected chi connectivity index (χ1v) is 7.85. The lowest BCUT2D eigenvalue weighted by molar-refractivity contribution is 0.511. The van der Waals surface area contributed by atoms with Crippen molar-refractivity contribution in [3.63, 3.8) is 0 Å². The average Bonchev–Trinajstić information content (AvgIpc) is 2.62. The van der Waals surface area contributed by atoms with Crippen LogP contribution in [0.25, 0.3) is 43.4 Å². The fourth-order valence-electron chi connectivity index (χ4n) is 3.68. The van der Waals surface area contributed by atoms with E-state index in [2.05, 4.69) is 24.3 Å². The quantitative estimate of drug-likeness (QED) is 0.309. The van der Waals surface area contributed by atoms with Crippen LogP contribution >= 0.6 is 0 Å². The van der Waals surface area contributed by atoms with Crippen LogP contribution in [0.5, 0.6) is 0 Å². The van der Waals surface area contributed by atoms with Gasteiger partial charge in [-0.05, 0) is 43.9 Å². The maximum atomic E-state index is 14.3. The molecular weight excluding hydrogens is 302 g/mol. The van der Waals surface area contributed by atoms with E-state index in [9.17, 15) is 8.78 Å². The molecule has 0 aromatic heterocycles. The third-order valence-corrected chi connectivity index (χ3v) is 4.77. The Balaban J connectivity index is 1.99. The minimum Gasteiger partial charge on any atom is -0.204 e. The van der Waals surface area contributed by atoms with Crippen molar-refractivity contribution < 1.29 is 8.78 Å². The highest BCUT2D eigenvalue weighted by Gasteiger charge is 2.15. The van der Waals surface area contributed by atoms with E-state index < -0.39 is 11.6 Å². The van der Waals surface area contributed by atoms with Crippen LogP contribution in [0, 0.1) is 11.6 Å². The van der Waals surface area contributed by atoms with Crippen molar-refractivity contribution in [2.75, 3.05) is 0 Å². The second kappa shape index (κ2) is 4.75. The summed E-state index contributed by atoms with van der Waals surface area (Å²) in [5.74, 6) is -1.62. The molecule has 114 valence electrons. The smallest absolute Gasteiger partial charge is 0.166 e. The first-order chi connectivity index (χ1) is 11.7. The Morgan fingerprint density at radius 1 is 0.500 bits per heavy atom. The Bertz CT molecular complexity index is 1210. The zero-order valence-electron chi connectivity index (χ0n) is 12.7. The van der Waals surface area contributed by atoms with Crippen molar-refractivity contribution in [1.82, 2.24) is 0 Å². The van der Waals surface area contributed by atoms with Crippen LogP contribution in [-0.2, 0) is 0 Å². The predicted molar refractivity (Wildman–Crippen MR) is 95.5 cm³/mol.